The first-order valence-electron chi connectivity index (χ1n) is 5.83. The number of hydrogen-bond acceptors (Lipinski definition) is 5. The van der Waals surface area contributed by atoms with Gasteiger partial charge >= 0.3 is 0 Å². The molecule has 92 valence electrons. The lowest BCUT2D eigenvalue weighted by molar-refractivity contribution is 0.0410. The van der Waals surface area contributed by atoms with Gasteiger partial charge in [0.2, 0.25) is 0 Å². The van der Waals surface area contributed by atoms with Gasteiger partial charge in [0.1, 0.15) is 0 Å². The molecule has 0 aromatic carbocycles. The lowest BCUT2D eigenvalue weighted by Crippen LogP contribution is -2.39. The minimum atomic E-state index is 0.869. The fraction of sp³-hybridized carbons (Fsp3) is 0.500. The molecule has 3 nitrogen and oxygen atoms in total. The lowest BCUT2D eigenvalue weighted by atomic mass is 10.2. The van der Waals surface area contributed by atoms with Gasteiger partial charge < -0.3 is 9.04 Å². The molecule has 0 aliphatic carbocycles. The molecule has 0 atom stereocenters. The monoisotopic (exact) mass is 268 g/mol. The number of rotatable bonds is 2. The van der Waals surface area contributed by atoms with Crippen LogP contribution in [0, 0.1) is 0 Å². The summed E-state index contributed by atoms with van der Waals surface area (Å²) in [5, 5.41) is 2.17. The van der Waals surface area contributed by atoms with Gasteiger partial charge in [-0.3, -0.25) is 4.90 Å². The van der Waals surface area contributed by atoms with E-state index in [2.05, 4.69) is 33.8 Å². The molecule has 1 fully saturated rings. The van der Waals surface area contributed by atoms with E-state index in [0.29, 0.717) is 0 Å². The van der Waals surface area contributed by atoms with Crippen molar-refractivity contribution >= 4 is 29.4 Å². The zero-order valence-corrected chi connectivity index (χ0v) is 11.5. The molecule has 0 radical (unpaired) electrons. The van der Waals surface area contributed by atoms with Crippen LogP contribution in [-0.4, -0.2) is 49.1 Å². The topological polar surface area (TPSA) is 15.7 Å². The lowest BCUT2D eigenvalue weighted by Gasteiger charge is -2.32. The molecule has 0 saturated carbocycles. The van der Waals surface area contributed by atoms with Crippen LogP contribution in [0.1, 0.15) is 5.56 Å². The largest absolute Gasteiger partial charge is 0.379 e. The second-order valence-electron chi connectivity index (χ2n) is 4.28. The fourth-order valence-electron chi connectivity index (χ4n) is 2.07. The maximum atomic E-state index is 5.38. The minimum absolute atomic E-state index is 0.869. The average Bonchev–Trinajstić information content (AvgIpc) is 2.78. The smallest absolute Gasteiger partial charge is 0.0882 e. The van der Waals surface area contributed by atoms with Crippen molar-refractivity contribution in [1.29, 1.82) is 0 Å². The second-order valence-corrected chi connectivity index (χ2v) is 6.59. The van der Waals surface area contributed by atoms with E-state index < -0.39 is 0 Å². The Hall–Kier alpha value is -0.490. The first-order chi connectivity index (χ1) is 8.33. The Kier molecular flexibility index (Phi) is 3.42. The highest BCUT2D eigenvalue weighted by molar-refractivity contribution is 7.99. The molecule has 5 heteroatoms. The second kappa shape index (κ2) is 5.02. The van der Waals surface area contributed by atoms with Crippen LogP contribution in [0.25, 0.3) is 6.08 Å². The summed E-state index contributed by atoms with van der Waals surface area (Å²) in [6.07, 6.45) is 2.32. The van der Waals surface area contributed by atoms with Gasteiger partial charge in [0.25, 0.3) is 0 Å². The third-order valence-electron chi connectivity index (χ3n) is 3.09. The van der Waals surface area contributed by atoms with E-state index >= 15 is 0 Å². The van der Waals surface area contributed by atoms with E-state index in [4.69, 9.17) is 4.74 Å². The van der Waals surface area contributed by atoms with Crippen molar-refractivity contribution < 1.29 is 4.74 Å². The van der Waals surface area contributed by atoms with Gasteiger partial charge in [0.15, 0.2) is 0 Å². The Labute approximate surface area is 110 Å². The summed E-state index contributed by atoms with van der Waals surface area (Å²) in [6, 6.07) is 2.21. The van der Waals surface area contributed by atoms with Gasteiger partial charge in [0, 0.05) is 37.9 Å². The summed E-state index contributed by atoms with van der Waals surface area (Å²) in [5.41, 5.74) is 2.77. The van der Waals surface area contributed by atoms with Crippen molar-refractivity contribution in [2.45, 2.75) is 4.21 Å². The van der Waals surface area contributed by atoms with Gasteiger partial charge in [-0.2, -0.15) is 0 Å². The summed E-state index contributed by atoms with van der Waals surface area (Å²) < 4.78 is 9.07. The molecular formula is C12H16N2OS2. The number of fused-ring (bicyclic) bond motifs is 1. The molecular weight excluding hydrogens is 252 g/mol. The fourth-order valence-corrected chi connectivity index (χ4v) is 4.06. The molecule has 0 spiro atoms. The minimum Gasteiger partial charge on any atom is -0.379 e. The Morgan fingerprint density at radius 3 is 3.00 bits per heavy atom. The number of ether oxygens (including phenoxy) is 1. The van der Waals surface area contributed by atoms with Crippen LogP contribution in [-0.2, 0) is 4.74 Å². The Morgan fingerprint density at radius 1 is 1.35 bits per heavy atom. The van der Waals surface area contributed by atoms with Crippen molar-refractivity contribution in [2.75, 3.05) is 39.9 Å². The van der Waals surface area contributed by atoms with E-state index in [1.165, 1.54) is 15.5 Å². The third-order valence-corrected chi connectivity index (χ3v) is 5.24. The maximum absolute atomic E-state index is 5.38. The molecule has 3 rings (SSSR count). The molecule has 2 aliphatic heterocycles. The van der Waals surface area contributed by atoms with Gasteiger partial charge in [0.05, 0.1) is 17.4 Å². The molecule has 1 saturated heterocycles. The molecule has 3 heterocycles. The summed E-state index contributed by atoms with van der Waals surface area (Å²) in [4.78, 5) is 2.46. The Morgan fingerprint density at radius 2 is 2.18 bits per heavy atom. The van der Waals surface area contributed by atoms with Gasteiger partial charge in [-0.15, -0.1) is 11.3 Å². The molecule has 1 aromatic rings. The summed E-state index contributed by atoms with van der Waals surface area (Å²) in [7, 11) is 2.15. The van der Waals surface area contributed by atoms with Crippen LogP contribution in [0.2, 0.25) is 0 Å². The van der Waals surface area contributed by atoms with E-state index in [1.807, 2.05) is 23.3 Å². The summed E-state index contributed by atoms with van der Waals surface area (Å²) >= 11 is 3.66. The van der Waals surface area contributed by atoms with Crippen LogP contribution in [0.15, 0.2) is 21.4 Å². The molecule has 1 aromatic heterocycles. The zero-order chi connectivity index (χ0) is 11.7. The van der Waals surface area contributed by atoms with Gasteiger partial charge in [-0.05, 0) is 29.5 Å². The number of likely N-dealkylation sites (N-methyl/N-ethyl adjacent to an activating group) is 1. The van der Waals surface area contributed by atoms with Crippen molar-refractivity contribution in [2.24, 2.45) is 0 Å². The zero-order valence-electron chi connectivity index (χ0n) is 9.89. The van der Waals surface area contributed by atoms with Crippen LogP contribution in [0.3, 0.4) is 0 Å². The van der Waals surface area contributed by atoms with Crippen LogP contribution in [0.5, 0.6) is 0 Å². The highest BCUT2D eigenvalue weighted by atomic mass is 32.2. The Bertz CT molecular complexity index is 424. The van der Waals surface area contributed by atoms with Crippen molar-refractivity contribution in [3.05, 3.63) is 22.7 Å². The number of nitrogens with zero attached hydrogens (tertiary/aromatic N) is 2. The van der Waals surface area contributed by atoms with Crippen LogP contribution in [0.4, 0.5) is 0 Å². The van der Waals surface area contributed by atoms with E-state index in [-0.39, 0.29) is 0 Å². The molecule has 0 bridgehead atoms. The summed E-state index contributed by atoms with van der Waals surface area (Å²) in [6.45, 7) is 4.86. The molecule has 2 aliphatic rings. The van der Waals surface area contributed by atoms with Crippen LogP contribution < -0.4 is 0 Å². The number of thiophene rings is 1. The van der Waals surface area contributed by atoms with Crippen LogP contribution >= 0.6 is 23.3 Å². The van der Waals surface area contributed by atoms with E-state index in [0.717, 1.165) is 32.8 Å². The predicted octanol–water partition coefficient (Wildman–Crippen LogP) is 2.37. The standard InChI is InChI=1S/C12H16N2OS2/c1-13-11(9-14-3-5-15-6-4-14)8-10-2-7-16-12(10)17-13/h2,7-8H,3-6,9H2,1H3. The van der Waals surface area contributed by atoms with Crippen molar-refractivity contribution in [3.63, 3.8) is 0 Å². The maximum Gasteiger partial charge on any atom is 0.0882 e. The number of morpholine rings is 1. The van der Waals surface area contributed by atoms with Gasteiger partial charge in [-0.1, -0.05) is 0 Å². The molecule has 17 heavy (non-hydrogen) atoms. The van der Waals surface area contributed by atoms with Crippen molar-refractivity contribution in [1.82, 2.24) is 9.21 Å². The first kappa shape index (κ1) is 11.6. The van der Waals surface area contributed by atoms with E-state index in [1.54, 1.807) is 0 Å². The Balaban J connectivity index is 1.74. The highest BCUT2D eigenvalue weighted by Crippen LogP contribution is 2.38. The van der Waals surface area contributed by atoms with Gasteiger partial charge in [-0.25, -0.2) is 0 Å². The van der Waals surface area contributed by atoms with Crippen molar-refractivity contribution in [3.8, 4) is 0 Å². The SMILES string of the molecule is CN1Sc2sccc2C=C1CN1CCOCC1. The summed E-state index contributed by atoms with van der Waals surface area (Å²) in [5.74, 6) is 0. The molecule has 0 amide bonds. The highest BCUT2D eigenvalue weighted by Gasteiger charge is 2.20. The average molecular weight is 268 g/mol. The van der Waals surface area contributed by atoms with E-state index in [9.17, 15) is 0 Å². The predicted molar refractivity (Wildman–Crippen MR) is 73.2 cm³/mol. The third kappa shape index (κ3) is 2.52. The molecule has 0 N–H and O–H groups in total. The first-order valence-corrected chi connectivity index (χ1v) is 7.48. The molecule has 0 unspecified atom stereocenters. The quantitative estimate of drug-likeness (QED) is 0.765. The normalized spacial score (nSPS) is 21.2. The number of hydrogen-bond donors (Lipinski definition) is 0.